The monoisotopic (exact) mass is 417 g/mol. The van der Waals surface area contributed by atoms with Crippen molar-refractivity contribution in [2.24, 2.45) is 0 Å². The molecular formula is C23H23N5OS. The molecule has 0 bridgehead atoms. The maximum Gasteiger partial charge on any atom is 0.253 e. The number of hydrogen-bond donors (Lipinski definition) is 1. The van der Waals surface area contributed by atoms with Gasteiger partial charge < -0.3 is 5.32 Å². The Hall–Kier alpha value is -3.19. The van der Waals surface area contributed by atoms with E-state index in [0.717, 1.165) is 22.5 Å². The van der Waals surface area contributed by atoms with Crippen molar-refractivity contribution in [2.45, 2.75) is 38.2 Å². The molecule has 0 fully saturated rings. The standard InChI is InChI=1S/C23H23N5OS/c1-15-7-6-8-18(11-15)13-24-21(29)20-10-5-4-9-19(20)14-30-23-26-22-25-16(2)12-17(3)28(22)27-23/h4-12H,13-14H2,1-3H3,(H,24,29). The molecule has 0 radical (unpaired) electrons. The number of carbonyl (C=O) groups excluding carboxylic acids is 1. The molecule has 0 aliphatic carbocycles. The SMILES string of the molecule is Cc1cccc(CNC(=O)c2ccccc2CSc2nc3nc(C)cc(C)n3n2)c1. The van der Waals surface area contributed by atoms with E-state index >= 15 is 0 Å². The largest absolute Gasteiger partial charge is 0.348 e. The van der Waals surface area contributed by atoms with E-state index in [1.54, 1.807) is 4.52 Å². The van der Waals surface area contributed by atoms with E-state index in [9.17, 15) is 4.79 Å². The fourth-order valence-corrected chi connectivity index (χ4v) is 4.14. The Kier molecular flexibility index (Phi) is 5.81. The number of benzene rings is 2. The molecule has 2 aromatic heterocycles. The molecule has 4 rings (SSSR count). The summed E-state index contributed by atoms with van der Waals surface area (Å²) in [5.41, 5.74) is 5.79. The number of aryl methyl sites for hydroxylation is 3. The molecule has 0 spiro atoms. The van der Waals surface area contributed by atoms with Crippen LogP contribution in [0.5, 0.6) is 0 Å². The predicted molar refractivity (Wildman–Crippen MR) is 119 cm³/mol. The molecule has 0 unspecified atom stereocenters. The molecule has 0 aliphatic heterocycles. The first kappa shape index (κ1) is 20.1. The molecule has 0 saturated heterocycles. The van der Waals surface area contributed by atoms with Crippen LogP contribution in [0.1, 0.15) is 38.4 Å². The quantitative estimate of drug-likeness (QED) is 0.474. The molecule has 7 heteroatoms. The highest BCUT2D eigenvalue weighted by Gasteiger charge is 2.13. The second-order valence-corrected chi connectivity index (χ2v) is 8.21. The van der Waals surface area contributed by atoms with Crippen LogP contribution in [0.2, 0.25) is 0 Å². The molecule has 4 aromatic rings. The maximum absolute atomic E-state index is 12.8. The molecule has 0 saturated carbocycles. The minimum absolute atomic E-state index is 0.0798. The van der Waals surface area contributed by atoms with Crippen molar-refractivity contribution in [3.05, 3.63) is 88.2 Å². The number of amides is 1. The van der Waals surface area contributed by atoms with E-state index < -0.39 is 0 Å². The van der Waals surface area contributed by atoms with Gasteiger partial charge in [0.05, 0.1) is 0 Å². The van der Waals surface area contributed by atoms with Gasteiger partial charge in [0.15, 0.2) is 0 Å². The number of aromatic nitrogens is 4. The van der Waals surface area contributed by atoms with E-state index in [2.05, 4.69) is 26.4 Å². The summed E-state index contributed by atoms with van der Waals surface area (Å²) in [6.45, 7) is 6.47. The second kappa shape index (κ2) is 8.67. The number of nitrogens with one attached hydrogen (secondary N) is 1. The molecular weight excluding hydrogens is 394 g/mol. The Balaban J connectivity index is 1.46. The van der Waals surface area contributed by atoms with Crippen LogP contribution in [0.4, 0.5) is 0 Å². The average Bonchev–Trinajstić information content (AvgIpc) is 3.14. The molecule has 1 amide bonds. The van der Waals surface area contributed by atoms with Gasteiger partial charge in [-0.1, -0.05) is 59.8 Å². The van der Waals surface area contributed by atoms with E-state index in [1.165, 1.54) is 17.3 Å². The van der Waals surface area contributed by atoms with Crippen LogP contribution in [0, 0.1) is 20.8 Å². The van der Waals surface area contributed by atoms with E-state index in [1.807, 2.05) is 69.3 Å². The van der Waals surface area contributed by atoms with Gasteiger partial charge in [0, 0.05) is 29.2 Å². The first-order valence-corrected chi connectivity index (χ1v) is 10.7. The number of thioether (sulfide) groups is 1. The van der Waals surface area contributed by atoms with Crippen LogP contribution in [0.15, 0.2) is 59.8 Å². The van der Waals surface area contributed by atoms with Gasteiger partial charge in [-0.3, -0.25) is 4.79 Å². The third kappa shape index (κ3) is 4.52. The van der Waals surface area contributed by atoms with Crippen LogP contribution >= 0.6 is 11.8 Å². The van der Waals surface area contributed by atoms with Gasteiger partial charge in [-0.25, -0.2) is 9.50 Å². The van der Waals surface area contributed by atoms with Gasteiger partial charge in [0.1, 0.15) is 0 Å². The van der Waals surface area contributed by atoms with Gasteiger partial charge in [-0.15, -0.1) is 5.10 Å². The van der Waals surface area contributed by atoms with Crippen molar-refractivity contribution in [3.8, 4) is 0 Å². The summed E-state index contributed by atoms with van der Waals surface area (Å²) in [6, 6.07) is 17.8. The van der Waals surface area contributed by atoms with Crippen molar-refractivity contribution in [1.29, 1.82) is 0 Å². The normalized spacial score (nSPS) is 11.0. The lowest BCUT2D eigenvalue weighted by molar-refractivity contribution is 0.0950. The van der Waals surface area contributed by atoms with Gasteiger partial charge >= 0.3 is 0 Å². The van der Waals surface area contributed by atoms with Crippen LogP contribution in [0.25, 0.3) is 5.78 Å². The summed E-state index contributed by atoms with van der Waals surface area (Å²) in [5.74, 6) is 1.12. The van der Waals surface area contributed by atoms with Crippen molar-refractivity contribution in [3.63, 3.8) is 0 Å². The third-order valence-electron chi connectivity index (χ3n) is 4.75. The molecule has 0 aliphatic rings. The summed E-state index contributed by atoms with van der Waals surface area (Å²) < 4.78 is 1.75. The zero-order chi connectivity index (χ0) is 21.1. The zero-order valence-electron chi connectivity index (χ0n) is 17.2. The highest BCUT2D eigenvalue weighted by Crippen LogP contribution is 2.23. The van der Waals surface area contributed by atoms with E-state index in [-0.39, 0.29) is 5.91 Å². The second-order valence-electron chi connectivity index (χ2n) is 7.26. The lowest BCUT2D eigenvalue weighted by atomic mass is 10.1. The summed E-state index contributed by atoms with van der Waals surface area (Å²) >= 11 is 1.50. The van der Waals surface area contributed by atoms with Crippen LogP contribution in [-0.2, 0) is 12.3 Å². The van der Waals surface area contributed by atoms with E-state index in [0.29, 0.717) is 28.8 Å². The topological polar surface area (TPSA) is 72.2 Å². The van der Waals surface area contributed by atoms with Crippen LogP contribution in [-0.4, -0.2) is 25.5 Å². The molecule has 30 heavy (non-hydrogen) atoms. The number of rotatable bonds is 6. The fourth-order valence-electron chi connectivity index (χ4n) is 3.32. The molecule has 6 nitrogen and oxygen atoms in total. The summed E-state index contributed by atoms with van der Waals surface area (Å²) in [4.78, 5) is 21.7. The summed E-state index contributed by atoms with van der Waals surface area (Å²) in [5, 5.41) is 8.20. The van der Waals surface area contributed by atoms with Gasteiger partial charge in [0.25, 0.3) is 11.7 Å². The van der Waals surface area contributed by atoms with Crippen molar-refractivity contribution < 1.29 is 4.79 Å². The van der Waals surface area contributed by atoms with Gasteiger partial charge in [-0.05, 0) is 44.0 Å². The van der Waals surface area contributed by atoms with Crippen molar-refractivity contribution in [1.82, 2.24) is 24.9 Å². The maximum atomic E-state index is 12.8. The minimum atomic E-state index is -0.0798. The highest BCUT2D eigenvalue weighted by molar-refractivity contribution is 7.98. The summed E-state index contributed by atoms with van der Waals surface area (Å²) in [7, 11) is 0. The molecule has 2 heterocycles. The number of carbonyl (C=O) groups is 1. The number of nitrogens with zero attached hydrogens (tertiary/aromatic N) is 4. The minimum Gasteiger partial charge on any atom is -0.348 e. The van der Waals surface area contributed by atoms with Crippen molar-refractivity contribution in [2.75, 3.05) is 0 Å². The van der Waals surface area contributed by atoms with Crippen molar-refractivity contribution >= 4 is 23.4 Å². The number of hydrogen-bond acceptors (Lipinski definition) is 5. The zero-order valence-corrected chi connectivity index (χ0v) is 18.0. The molecule has 1 N–H and O–H groups in total. The first-order chi connectivity index (χ1) is 14.5. The Labute approximate surface area is 179 Å². The lowest BCUT2D eigenvalue weighted by Crippen LogP contribution is -2.23. The lowest BCUT2D eigenvalue weighted by Gasteiger charge is -2.10. The van der Waals surface area contributed by atoms with Gasteiger partial charge in [0.2, 0.25) is 5.16 Å². The first-order valence-electron chi connectivity index (χ1n) is 9.75. The van der Waals surface area contributed by atoms with Crippen LogP contribution in [0.3, 0.4) is 0 Å². The smallest absolute Gasteiger partial charge is 0.253 e. The molecule has 2 aromatic carbocycles. The average molecular weight is 418 g/mol. The highest BCUT2D eigenvalue weighted by atomic mass is 32.2. The fraction of sp³-hybridized carbons (Fsp3) is 0.217. The van der Waals surface area contributed by atoms with Crippen LogP contribution < -0.4 is 5.32 Å². The Morgan fingerprint density at radius 1 is 1.03 bits per heavy atom. The number of fused-ring (bicyclic) bond motifs is 1. The predicted octanol–water partition coefficient (Wildman–Crippen LogP) is 4.27. The molecule has 152 valence electrons. The van der Waals surface area contributed by atoms with Gasteiger partial charge in [-0.2, -0.15) is 4.98 Å². The van der Waals surface area contributed by atoms with E-state index in [4.69, 9.17) is 0 Å². The Morgan fingerprint density at radius 3 is 2.70 bits per heavy atom. The third-order valence-corrected chi connectivity index (χ3v) is 5.64. The Bertz CT molecular complexity index is 1220. The summed E-state index contributed by atoms with van der Waals surface area (Å²) in [6.07, 6.45) is 0. The Morgan fingerprint density at radius 2 is 1.87 bits per heavy atom. The molecule has 0 atom stereocenters.